The van der Waals surface area contributed by atoms with E-state index in [0.717, 1.165) is 11.8 Å². The van der Waals surface area contributed by atoms with Gasteiger partial charge in [0, 0.05) is 6.08 Å². The lowest BCUT2D eigenvalue weighted by atomic mass is 10.0. The van der Waals surface area contributed by atoms with Gasteiger partial charge in [-0.3, -0.25) is 9.69 Å². The lowest BCUT2D eigenvalue weighted by Crippen LogP contribution is -2.47. The van der Waals surface area contributed by atoms with Crippen LogP contribution in [0.1, 0.15) is 19.6 Å². The van der Waals surface area contributed by atoms with Crippen molar-refractivity contribution in [2.45, 2.75) is 19.9 Å². The quantitative estimate of drug-likeness (QED) is 0.681. The molecule has 1 N–H and O–H groups in total. The topological polar surface area (TPSA) is 70.8 Å². The van der Waals surface area contributed by atoms with Crippen LogP contribution in [0, 0.1) is 5.92 Å². The molecule has 1 aliphatic heterocycles. The smallest absolute Gasteiger partial charge is 0.327 e. The molecule has 1 amide bonds. The Morgan fingerprint density at radius 2 is 2.25 bits per heavy atom. The fourth-order valence-corrected chi connectivity index (χ4v) is 3.23. The van der Waals surface area contributed by atoms with E-state index in [2.05, 4.69) is 0 Å². The largest absolute Gasteiger partial charge is 0.480 e. The first-order chi connectivity index (χ1) is 9.41. The van der Waals surface area contributed by atoms with Gasteiger partial charge < -0.3 is 9.52 Å². The maximum absolute atomic E-state index is 12.3. The highest BCUT2D eigenvalue weighted by atomic mass is 32.2. The second-order valence-corrected chi connectivity index (χ2v) is 6.27. The summed E-state index contributed by atoms with van der Waals surface area (Å²) >= 11 is 6.23. The zero-order valence-electron chi connectivity index (χ0n) is 10.9. The first-order valence-corrected chi connectivity index (χ1v) is 7.17. The normalized spacial score (nSPS) is 19.1. The number of aliphatic carboxylic acids is 1. The molecule has 1 fully saturated rings. The first kappa shape index (κ1) is 14.8. The Morgan fingerprint density at radius 3 is 2.75 bits per heavy atom. The summed E-state index contributed by atoms with van der Waals surface area (Å²) in [7, 11) is 0. The summed E-state index contributed by atoms with van der Waals surface area (Å²) in [6, 6.07) is 2.47. The van der Waals surface area contributed by atoms with Crippen LogP contribution in [0.25, 0.3) is 6.08 Å². The number of thiocarbonyl (C=S) groups is 1. The Morgan fingerprint density at radius 1 is 1.55 bits per heavy atom. The van der Waals surface area contributed by atoms with Crippen LogP contribution < -0.4 is 0 Å². The number of rotatable bonds is 4. The number of carboxylic acid groups (broad SMARTS) is 1. The van der Waals surface area contributed by atoms with E-state index in [1.165, 1.54) is 11.2 Å². The summed E-state index contributed by atoms with van der Waals surface area (Å²) in [4.78, 5) is 25.2. The Hall–Kier alpha value is -1.60. The predicted molar refractivity (Wildman–Crippen MR) is 80.0 cm³/mol. The van der Waals surface area contributed by atoms with E-state index < -0.39 is 17.9 Å². The van der Waals surface area contributed by atoms with Gasteiger partial charge in [0.15, 0.2) is 0 Å². The second kappa shape index (κ2) is 5.80. The van der Waals surface area contributed by atoms with Gasteiger partial charge in [0.05, 0.1) is 11.2 Å². The molecule has 0 aliphatic carbocycles. The molecule has 1 aromatic rings. The second-order valence-electron chi connectivity index (χ2n) is 4.59. The number of amides is 1. The molecule has 0 saturated carbocycles. The molecule has 2 heterocycles. The molecular weight excluding hydrogens is 298 g/mol. The number of carbonyl (C=O) groups excluding carboxylic acids is 1. The van der Waals surface area contributed by atoms with Crippen LogP contribution in [0.2, 0.25) is 0 Å². The van der Waals surface area contributed by atoms with Gasteiger partial charge in [-0.2, -0.15) is 0 Å². The zero-order chi connectivity index (χ0) is 14.9. The molecular formula is C13H13NO4S2. The summed E-state index contributed by atoms with van der Waals surface area (Å²) in [6.07, 6.45) is 3.07. The average Bonchev–Trinajstić information content (AvgIpc) is 2.93. The highest BCUT2D eigenvalue weighted by molar-refractivity contribution is 8.26. The van der Waals surface area contributed by atoms with E-state index in [4.69, 9.17) is 16.6 Å². The van der Waals surface area contributed by atoms with E-state index in [-0.39, 0.29) is 10.2 Å². The minimum absolute atomic E-state index is 0.238. The van der Waals surface area contributed by atoms with Crippen LogP contribution in [0.5, 0.6) is 0 Å². The Kier molecular flexibility index (Phi) is 4.29. The molecule has 1 aliphatic rings. The molecule has 7 heteroatoms. The third-order valence-electron chi connectivity index (χ3n) is 2.80. The summed E-state index contributed by atoms with van der Waals surface area (Å²) in [5, 5.41) is 9.28. The molecule has 2 rings (SSSR count). The van der Waals surface area contributed by atoms with Gasteiger partial charge in [-0.25, -0.2) is 4.79 Å². The highest BCUT2D eigenvalue weighted by Crippen LogP contribution is 2.35. The van der Waals surface area contributed by atoms with Crippen molar-refractivity contribution in [1.29, 1.82) is 0 Å². The average molecular weight is 311 g/mol. The SMILES string of the molecule is CC(C)[C@@H](C(=O)O)N1C(=O)/C(=C/c2ccco2)SC1=S. The Balaban J connectivity index is 2.31. The highest BCUT2D eigenvalue weighted by Gasteiger charge is 2.41. The third kappa shape index (κ3) is 2.78. The van der Waals surface area contributed by atoms with E-state index >= 15 is 0 Å². The minimum Gasteiger partial charge on any atom is -0.480 e. The lowest BCUT2D eigenvalue weighted by Gasteiger charge is -2.26. The van der Waals surface area contributed by atoms with Gasteiger partial charge in [0.1, 0.15) is 16.1 Å². The van der Waals surface area contributed by atoms with Gasteiger partial charge in [0.25, 0.3) is 5.91 Å². The third-order valence-corrected chi connectivity index (χ3v) is 4.13. The zero-order valence-corrected chi connectivity index (χ0v) is 12.5. The summed E-state index contributed by atoms with van der Waals surface area (Å²) < 4.78 is 5.41. The van der Waals surface area contributed by atoms with Crippen molar-refractivity contribution in [2.24, 2.45) is 5.92 Å². The van der Waals surface area contributed by atoms with E-state index in [9.17, 15) is 14.7 Å². The minimum atomic E-state index is -1.06. The van der Waals surface area contributed by atoms with E-state index in [1.807, 2.05) is 0 Å². The van der Waals surface area contributed by atoms with Crippen LogP contribution in [-0.2, 0) is 9.59 Å². The molecule has 106 valence electrons. The fourth-order valence-electron chi connectivity index (χ4n) is 1.92. The number of furan rings is 1. The first-order valence-electron chi connectivity index (χ1n) is 5.95. The molecule has 0 bridgehead atoms. The molecule has 1 aromatic heterocycles. The van der Waals surface area contributed by atoms with Gasteiger partial charge in [-0.05, 0) is 18.1 Å². The molecule has 0 spiro atoms. The van der Waals surface area contributed by atoms with Crippen LogP contribution >= 0.6 is 24.0 Å². The van der Waals surface area contributed by atoms with Crippen LogP contribution in [0.4, 0.5) is 0 Å². The van der Waals surface area contributed by atoms with Crippen molar-refractivity contribution in [3.63, 3.8) is 0 Å². The van der Waals surface area contributed by atoms with Crippen molar-refractivity contribution < 1.29 is 19.1 Å². The van der Waals surface area contributed by atoms with Crippen molar-refractivity contribution in [2.75, 3.05) is 0 Å². The summed E-state index contributed by atoms with van der Waals surface area (Å²) in [5.74, 6) is -1.16. The monoisotopic (exact) mass is 311 g/mol. The molecule has 1 saturated heterocycles. The maximum Gasteiger partial charge on any atom is 0.327 e. The fraction of sp³-hybridized carbons (Fsp3) is 0.308. The Bertz CT molecular complexity index is 577. The summed E-state index contributed by atoms with van der Waals surface area (Å²) in [6.45, 7) is 3.49. The van der Waals surface area contributed by atoms with Gasteiger partial charge in [-0.15, -0.1) is 0 Å². The summed E-state index contributed by atoms with van der Waals surface area (Å²) in [5.41, 5.74) is 0. The maximum atomic E-state index is 12.3. The van der Waals surface area contributed by atoms with Crippen molar-refractivity contribution in [1.82, 2.24) is 4.90 Å². The number of carboxylic acids is 1. The van der Waals surface area contributed by atoms with Crippen molar-refractivity contribution in [3.05, 3.63) is 29.1 Å². The van der Waals surface area contributed by atoms with E-state index in [0.29, 0.717) is 10.7 Å². The molecule has 0 radical (unpaired) electrons. The van der Waals surface area contributed by atoms with Crippen molar-refractivity contribution >= 4 is 46.3 Å². The number of nitrogens with zero attached hydrogens (tertiary/aromatic N) is 1. The molecule has 5 nitrogen and oxygen atoms in total. The van der Waals surface area contributed by atoms with Gasteiger partial charge in [0.2, 0.25) is 0 Å². The molecule has 0 unspecified atom stereocenters. The molecule has 0 aromatic carbocycles. The van der Waals surface area contributed by atoms with Gasteiger partial charge in [-0.1, -0.05) is 37.8 Å². The van der Waals surface area contributed by atoms with Crippen LogP contribution in [0.15, 0.2) is 27.7 Å². The predicted octanol–water partition coefficient (Wildman–Crippen LogP) is 2.59. The van der Waals surface area contributed by atoms with Gasteiger partial charge >= 0.3 is 5.97 Å². The standard InChI is InChI=1S/C13H13NO4S2/c1-7(2)10(12(16)17)14-11(15)9(20-13(14)19)6-8-4-3-5-18-8/h3-7,10H,1-2H3,(H,16,17)/b9-6-/t10-/m0/s1. The molecule has 20 heavy (non-hydrogen) atoms. The van der Waals surface area contributed by atoms with Crippen LogP contribution in [-0.4, -0.2) is 32.2 Å². The number of hydrogen-bond donors (Lipinski definition) is 1. The Labute approximate surface area is 125 Å². The lowest BCUT2D eigenvalue weighted by molar-refractivity contribution is -0.146. The van der Waals surface area contributed by atoms with Crippen LogP contribution in [0.3, 0.4) is 0 Å². The molecule has 1 atom stereocenters. The number of carbonyl (C=O) groups is 2. The number of thioether (sulfide) groups is 1. The number of hydrogen-bond acceptors (Lipinski definition) is 5. The van der Waals surface area contributed by atoms with E-state index in [1.54, 1.807) is 32.1 Å². The van der Waals surface area contributed by atoms with Crippen molar-refractivity contribution in [3.8, 4) is 0 Å².